The largest absolute Gasteiger partial charge is 0.324 e. The monoisotopic (exact) mass is 394 g/mol. The van der Waals surface area contributed by atoms with Gasteiger partial charge in [0.2, 0.25) is 5.91 Å². The Kier molecular flexibility index (Phi) is 6.26. The van der Waals surface area contributed by atoms with E-state index >= 15 is 0 Å². The smallest absolute Gasteiger partial charge is 0.237 e. The highest BCUT2D eigenvalue weighted by molar-refractivity contribution is 8.00. The predicted molar refractivity (Wildman–Crippen MR) is 111 cm³/mol. The summed E-state index contributed by atoms with van der Waals surface area (Å²) in [5, 5.41) is 11.6. The number of amides is 1. The number of carbonyl (C=O) groups is 2. The third-order valence-electron chi connectivity index (χ3n) is 4.35. The normalized spacial score (nSPS) is 11.8. The van der Waals surface area contributed by atoms with Crippen molar-refractivity contribution in [2.75, 3.05) is 5.32 Å². The van der Waals surface area contributed by atoms with Crippen molar-refractivity contribution in [3.8, 4) is 0 Å². The molecule has 3 rings (SSSR count). The van der Waals surface area contributed by atoms with Gasteiger partial charge >= 0.3 is 0 Å². The lowest BCUT2D eigenvalue weighted by molar-refractivity contribution is -0.115. The van der Waals surface area contributed by atoms with Gasteiger partial charge in [0.1, 0.15) is 5.82 Å². The zero-order valence-electron chi connectivity index (χ0n) is 16.0. The number of thioether (sulfide) groups is 1. The molecule has 0 aliphatic carbocycles. The van der Waals surface area contributed by atoms with Crippen LogP contribution in [0.5, 0.6) is 0 Å². The quantitative estimate of drug-likeness (QED) is 0.488. The Bertz CT molecular complexity index is 985. The van der Waals surface area contributed by atoms with E-state index in [0.717, 1.165) is 11.4 Å². The zero-order chi connectivity index (χ0) is 20.1. The van der Waals surface area contributed by atoms with Crippen molar-refractivity contribution in [2.45, 2.75) is 30.7 Å². The van der Waals surface area contributed by atoms with Crippen molar-refractivity contribution >= 4 is 29.1 Å². The highest BCUT2D eigenvalue weighted by Crippen LogP contribution is 2.24. The van der Waals surface area contributed by atoms with E-state index in [0.29, 0.717) is 22.8 Å². The molecule has 1 amide bonds. The second kappa shape index (κ2) is 8.84. The minimum absolute atomic E-state index is 0.0879. The van der Waals surface area contributed by atoms with Gasteiger partial charge in [0, 0.05) is 19.0 Å². The molecule has 0 spiro atoms. The molecule has 6 nitrogen and oxygen atoms in total. The number of nitrogens with one attached hydrogen (secondary N) is 1. The minimum Gasteiger partial charge on any atom is -0.324 e. The molecule has 1 aromatic heterocycles. The Morgan fingerprint density at radius 3 is 2.46 bits per heavy atom. The summed E-state index contributed by atoms with van der Waals surface area (Å²) in [5.41, 5.74) is 2.17. The van der Waals surface area contributed by atoms with Gasteiger partial charge in [0.15, 0.2) is 10.9 Å². The van der Waals surface area contributed by atoms with Crippen LogP contribution in [0.3, 0.4) is 0 Å². The van der Waals surface area contributed by atoms with Crippen LogP contribution in [0.25, 0.3) is 0 Å². The van der Waals surface area contributed by atoms with Crippen LogP contribution in [0.1, 0.15) is 35.6 Å². The molecule has 3 aromatic rings. The lowest BCUT2D eigenvalue weighted by Gasteiger charge is -2.13. The molecule has 0 aliphatic heterocycles. The fourth-order valence-electron chi connectivity index (χ4n) is 2.73. The highest BCUT2D eigenvalue weighted by atomic mass is 32.2. The van der Waals surface area contributed by atoms with Crippen LogP contribution in [0, 0.1) is 0 Å². The molecular weight excluding hydrogens is 372 g/mol. The number of anilines is 1. The fraction of sp³-hybridized carbons (Fsp3) is 0.238. The zero-order valence-corrected chi connectivity index (χ0v) is 16.9. The Hall–Kier alpha value is -2.93. The van der Waals surface area contributed by atoms with E-state index in [4.69, 9.17) is 0 Å². The number of Topliss-reactive ketones (excluding diaryl/α,β-unsaturated/α-hetero) is 1. The van der Waals surface area contributed by atoms with Gasteiger partial charge in [0.05, 0.1) is 10.9 Å². The van der Waals surface area contributed by atoms with Gasteiger partial charge in [-0.25, -0.2) is 0 Å². The van der Waals surface area contributed by atoms with Crippen LogP contribution in [0.15, 0.2) is 59.8 Å². The summed E-state index contributed by atoms with van der Waals surface area (Å²) in [7, 11) is 1.90. The van der Waals surface area contributed by atoms with Gasteiger partial charge in [0.25, 0.3) is 0 Å². The number of hydrogen-bond acceptors (Lipinski definition) is 5. The maximum atomic E-state index is 12.6. The molecule has 0 saturated carbocycles. The standard InChI is InChI=1S/C21H22N4O2S/c1-14(26)17-11-7-8-12-18(17)22-20(27)15(2)28-21-24-23-19(25(21)3)13-16-9-5-4-6-10-16/h4-12,15H,13H2,1-3H3,(H,22,27)/t15-/m1/s1. The van der Waals surface area contributed by atoms with E-state index in [9.17, 15) is 9.59 Å². The topological polar surface area (TPSA) is 76.9 Å². The number of para-hydroxylation sites is 1. The average Bonchev–Trinajstić information content (AvgIpc) is 3.02. The van der Waals surface area contributed by atoms with Gasteiger partial charge in [-0.1, -0.05) is 54.2 Å². The van der Waals surface area contributed by atoms with Crippen molar-refractivity contribution in [1.29, 1.82) is 0 Å². The van der Waals surface area contributed by atoms with Crippen LogP contribution < -0.4 is 5.32 Å². The summed E-state index contributed by atoms with van der Waals surface area (Å²) < 4.78 is 1.91. The fourth-order valence-corrected chi connectivity index (χ4v) is 3.56. The predicted octanol–water partition coefficient (Wildman–Crippen LogP) is 3.73. The van der Waals surface area contributed by atoms with Crippen molar-refractivity contribution in [1.82, 2.24) is 14.8 Å². The lowest BCUT2D eigenvalue weighted by atomic mass is 10.1. The van der Waals surface area contributed by atoms with E-state index in [1.54, 1.807) is 24.3 Å². The van der Waals surface area contributed by atoms with E-state index < -0.39 is 5.25 Å². The van der Waals surface area contributed by atoms with Crippen molar-refractivity contribution in [3.63, 3.8) is 0 Å². The van der Waals surface area contributed by atoms with Gasteiger partial charge in [-0.2, -0.15) is 0 Å². The maximum absolute atomic E-state index is 12.6. The Morgan fingerprint density at radius 1 is 1.07 bits per heavy atom. The third kappa shape index (κ3) is 4.67. The average molecular weight is 395 g/mol. The Balaban J connectivity index is 1.67. The number of nitrogens with zero attached hydrogens (tertiary/aromatic N) is 3. The van der Waals surface area contributed by atoms with Crippen LogP contribution >= 0.6 is 11.8 Å². The first-order valence-electron chi connectivity index (χ1n) is 8.95. The molecule has 0 aliphatic rings. The third-order valence-corrected chi connectivity index (χ3v) is 5.48. The number of benzene rings is 2. The summed E-state index contributed by atoms with van der Waals surface area (Å²) in [5.74, 6) is 0.560. The van der Waals surface area contributed by atoms with Crippen LogP contribution in [0.4, 0.5) is 5.69 Å². The lowest BCUT2D eigenvalue weighted by Crippen LogP contribution is -2.23. The molecule has 144 valence electrons. The van der Waals surface area contributed by atoms with Crippen LogP contribution in [-0.4, -0.2) is 31.7 Å². The van der Waals surface area contributed by atoms with Crippen LogP contribution in [0.2, 0.25) is 0 Å². The summed E-state index contributed by atoms with van der Waals surface area (Å²) in [6.45, 7) is 3.29. The molecule has 1 atom stereocenters. The first-order chi connectivity index (χ1) is 13.5. The minimum atomic E-state index is -0.396. The van der Waals surface area contributed by atoms with Gasteiger partial charge < -0.3 is 9.88 Å². The molecule has 1 N–H and O–H groups in total. The number of aromatic nitrogens is 3. The molecule has 0 unspecified atom stereocenters. The van der Waals surface area contributed by atoms with Crippen molar-refractivity contribution in [2.24, 2.45) is 7.05 Å². The molecule has 0 saturated heterocycles. The molecule has 2 aromatic carbocycles. The second-order valence-corrected chi connectivity index (χ2v) is 7.78. The van der Waals surface area contributed by atoms with Gasteiger partial charge in [-0.05, 0) is 31.5 Å². The van der Waals surface area contributed by atoms with Gasteiger partial charge in [-0.15, -0.1) is 10.2 Å². The van der Waals surface area contributed by atoms with Crippen molar-refractivity contribution < 1.29 is 9.59 Å². The van der Waals surface area contributed by atoms with E-state index in [1.165, 1.54) is 18.7 Å². The molecule has 28 heavy (non-hydrogen) atoms. The Morgan fingerprint density at radius 2 is 1.75 bits per heavy atom. The highest BCUT2D eigenvalue weighted by Gasteiger charge is 2.20. The summed E-state index contributed by atoms with van der Waals surface area (Å²) in [6, 6.07) is 17.1. The SMILES string of the molecule is CC(=O)c1ccccc1NC(=O)[C@@H](C)Sc1nnc(Cc2ccccc2)n1C. The maximum Gasteiger partial charge on any atom is 0.237 e. The number of carbonyl (C=O) groups excluding carboxylic acids is 2. The molecule has 1 heterocycles. The van der Waals surface area contributed by atoms with Gasteiger partial charge in [-0.3, -0.25) is 9.59 Å². The first kappa shape index (κ1) is 19.8. The van der Waals surface area contributed by atoms with Crippen molar-refractivity contribution in [3.05, 3.63) is 71.5 Å². The van der Waals surface area contributed by atoms with E-state index in [-0.39, 0.29) is 11.7 Å². The molecule has 0 fully saturated rings. The van der Waals surface area contributed by atoms with Crippen LogP contribution in [-0.2, 0) is 18.3 Å². The number of ketones is 1. The molecule has 7 heteroatoms. The summed E-state index contributed by atoms with van der Waals surface area (Å²) >= 11 is 1.34. The molecule has 0 radical (unpaired) electrons. The summed E-state index contributed by atoms with van der Waals surface area (Å²) in [6.07, 6.45) is 0.678. The molecule has 0 bridgehead atoms. The summed E-state index contributed by atoms with van der Waals surface area (Å²) in [4.78, 5) is 24.3. The van der Waals surface area contributed by atoms with E-state index in [1.807, 2.05) is 48.9 Å². The first-order valence-corrected chi connectivity index (χ1v) is 9.83. The molecular formula is C21H22N4O2S. The van der Waals surface area contributed by atoms with E-state index in [2.05, 4.69) is 15.5 Å². The number of rotatable bonds is 7. The number of hydrogen-bond donors (Lipinski definition) is 1. The second-order valence-electron chi connectivity index (χ2n) is 6.47. The Labute approximate surface area is 168 Å².